The third-order valence-corrected chi connectivity index (χ3v) is 3.81. The normalized spacial score (nSPS) is 19.0. The molecule has 0 aromatic heterocycles. The SMILES string of the molecule is C[C@H](NC(=O)COC(=O)[C@@H]1CCCO1)c1ccc(Br)cc1. The quantitative estimate of drug-likeness (QED) is 0.823. The predicted molar refractivity (Wildman–Crippen MR) is 80.6 cm³/mol. The lowest BCUT2D eigenvalue weighted by Crippen LogP contribution is -2.33. The van der Waals surface area contributed by atoms with E-state index in [1.54, 1.807) is 0 Å². The maximum Gasteiger partial charge on any atom is 0.335 e. The van der Waals surface area contributed by atoms with Crippen LogP contribution in [-0.2, 0) is 19.1 Å². The fourth-order valence-corrected chi connectivity index (χ4v) is 2.38. The Balaban J connectivity index is 1.75. The molecular weight excluding hydrogens is 338 g/mol. The van der Waals surface area contributed by atoms with Gasteiger partial charge in [0.2, 0.25) is 0 Å². The van der Waals surface area contributed by atoms with Gasteiger partial charge in [0, 0.05) is 11.1 Å². The van der Waals surface area contributed by atoms with Gasteiger partial charge < -0.3 is 14.8 Å². The van der Waals surface area contributed by atoms with E-state index < -0.39 is 12.1 Å². The predicted octanol–water partition coefficient (Wildman–Crippen LogP) is 2.35. The lowest BCUT2D eigenvalue weighted by molar-refractivity contribution is -0.157. The zero-order valence-corrected chi connectivity index (χ0v) is 13.4. The minimum Gasteiger partial charge on any atom is -0.454 e. The second kappa shape index (κ2) is 7.56. The highest BCUT2D eigenvalue weighted by molar-refractivity contribution is 9.10. The molecule has 1 heterocycles. The molecule has 5 nitrogen and oxygen atoms in total. The third kappa shape index (κ3) is 4.82. The van der Waals surface area contributed by atoms with Gasteiger partial charge in [0.15, 0.2) is 12.7 Å². The minimum atomic E-state index is -0.512. The summed E-state index contributed by atoms with van der Waals surface area (Å²) in [5.74, 6) is -0.782. The first kappa shape index (κ1) is 16.0. The van der Waals surface area contributed by atoms with Crippen LogP contribution in [-0.4, -0.2) is 31.2 Å². The van der Waals surface area contributed by atoms with Crippen molar-refractivity contribution in [3.8, 4) is 0 Å². The molecule has 1 fully saturated rings. The molecule has 1 aromatic rings. The van der Waals surface area contributed by atoms with Crippen LogP contribution in [0, 0.1) is 0 Å². The Bertz CT molecular complexity index is 497. The molecule has 0 unspecified atom stereocenters. The first-order valence-electron chi connectivity index (χ1n) is 6.89. The van der Waals surface area contributed by atoms with E-state index in [4.69, 9.17) is 9.47 Å². The van der Waals surface area contributed by atoms with E-state index in [2.05, 4.69) is 21.2 Å². The Morgan fingerprint density at radius 2 is 2.14 bits per heavy atom. The van der Waals surface area contributed by atoms with E-state index in [-0.39, 0.29) is 18.6 Å². The van der Waals surface area contributed by atoms with Crippen LogP contribution in [0.15, 0.2) is 28.7 Å². The number of nitrogens with one attached hydrogen (secondary N) is 1. The second-order valence-corrected chi connectivity index (χ2v) is 5.87. The van der Waals surface area contributed by atoms with Crippen molar-refractivity contribution in [2.45, 2.75) is 31.9 Å². The summed E-state index contributed by atoms with van der Waals surface area (Å²) < 4.78 is 11.1. The van der Waals surface area contributed by atoms with Gasteiger partial charge in [-0.3, -0.25) is 4.79 Å². The van der Waals surface area contributed by atoms with E-state index in [9.17, 15) is 9.59 Å². The zero-order valence-electron chi connectivity index (χ0n) is 11.8. The maximum atomic E-state index is 11.8. The van der Waals surface area contributed by atoms with Crippen molar-refractivity contribution in [3.63, 3.8) is 0 Å². The first-order chi connectivity index (χ1) is 10.1. The number of carbonyl (C=O) groups is 2. The molecule has 0 bridgehead atoms. The summed E-state index contributed by atoms with van der Waals surface area (Å²) >= 11 is 3.36. The van der Waals surface area contributed by atoms with E-state index in [1.165, 1.54) is 0 Å². The number of amides is 1. The molecule has 6 heteroatoms. The van der Waals surface area contributed by atoms with E-state index in [0.717, 1.165) is 16.5 Å². The average Bonchev–Trinajstić information content (AvgIpc) is 2.99. The minimum absolute atomic E-state index is 0.146. The smallest absolute Gasteiger partial charge is 0.335 e. The summed E-state index contributed by atoms with van der Waals surface area (Å²) in [4.78, 5) is 23.4. The van der Waals surface area contributed by atoms with Crippen LogP contribution >= 0.6 is 15.9 Å². The summed E-state index contributed by atoms with van der Waals surface area (Å²) in [5, 5.41) is 2.79. The highest BCUT2D eigenvalue weighted by Crippen LogP contribution is 2.16. The van der Waals surface area contributed by atoms with Gasteiger partial charge in [-0.05, 0) is 37.5 Å². The molecule has 0 saturated carbocycles. The number of hydrogen-bond donors (Lipinski definition) is 1. The van der Waals surface area contributed by atoms with Crippen molar-refractivity contribution < 1.29 is 19.1 Å². The van der Waals surface area contributed by atoms with Crippen molar-refractivity contribution in [3.05, 3.63) is 34.3 Å². The van der Waals surface area contributed by atoms with Gasteiger partial charge in [-0.2, -0.15) is 0 Å². The van der Waals surface area contributed by atoms with Gasteiger partial charge in [-0.15, -0.1) is 0 Å². The van der Waals surface area contributed by atoms with Gasteiger partial charge in [-0.1, -0.05) is 28.1 Å². The fourth-order valence-electron chi connectivity index (χ4n) is 2.11. The standard InChI is InChI=1S/C15H18BrNO4/c1-10(11-4-6-12(16)7-5-11)17-14(18)9-21-15(19)13-3-2-8-20-13/h4-7,10,13H,2-3,8-9H2,1H3,(H,17,18)/t10-,13-/m0/s1. The molecule has 1 saturated heterocycles. The molecule has 1 aromatic carbocycles. The lowest BCUT2D eigenvalue weighted by Gasteiger charge is -2.15. The molecule has 0 aliphatic carbocycles. The molecular formula is C15H18BrNO4. The van der Waals surface area contributed by atoms with E-state index in [0.29, 0.717) is 13.0 Å². The fraction of sp³-hybridized carbons (Fsp3) is 0.467. The number of benzene rings is 1. The monoisotopic (exact) mass is 355 g/mol. The van der Waals surface area contributed by atoms with Crippen molar-refractivity contribution in [1.29, 1.82) is 0 Å². The van der Waals surface area contributed by atoms with Crippen LogP contribution in [0.2, 0.25) is 0 Å². The highest BCUT2D eigenvalue weighted by Gasteiger charge is 2.25. The Morgan fingerprint density at radius 1 is 1.43 bits per heavy atom. The molecule has 1 amide bonds. The third-order valence-electron chi connectivity index (χ3n) is 3.29. The number of halogens is 1. The topological polar surface area (TPSA) is 64.6 Å². The Hall–Kier alpha value is -1.40. The first-order valence-corrected chi connectivity index (χ1v) is 7.68. The van der Waals surface area contributed by atoms with Crippen LogP contribution in [0.25, 0.3) is 0 Å². The summed E-state index contributed by atoms with van der Waals surface area (Å²) in [5.41, 5.74) is 0.983. The van der Waals surface area contributed by atoms with Crippen molar-refractivity contribution in [2.24, 2.45) is 0 Å². The summed E-state index contributed by atoms with van der Waals surface area (Å²) in [6.45, 7) is 2.18. The highest BCUT2D eigenvalue weighted by atomic mass is 79.9. The van der Waals surface area contributed by atoms with Gasteiger partial charge in [0.05, 0.1) is 6.04 Å². The van der Waals surface area contributed by atoms with Crippen molar-refractivity contribution in [1.82, 2.24) is 5.32 Å². The lowest BCUT2D eigenvalue weighted by atomic mass is 10.1. The number of esters is 1. The van der Waals surface area contributed by atoms with Crippen LogP contribution in [0.1, 0.15) is 31.4 Å². The van der Waals surface area contributed by atoms with Crippen LogP contribution in [0.3, 0.4) is 0 Å². The molecule has 21 heavy (non-hydrogen) atoms. The van der Waals surface area contributed by atoms with Crippen LogP contribution < -0.4 is 5.32 Å². The summed E-state index contributed by atoms with van der Waals surface area (Å²) in [6.07, 6.45) is 1.00. The average molecular weight is 356 g/mol. The molecule has 0 spiro atoms. The van der Waals surface area contributed by atoms with Crippen molar-refractivity contribution >= 4 is 27.8 Å². The molecule has 114 valence electrons. The van der Waals surface area contributed by atoms with Crippen molar-refractivity contribution in [2.75, 3.05) is 13.2 Å². The number of rotatable bonds is 5. The number of hydrogen-bond acceptors (Lipinski definition) is 4. The number of carbonyl (C=O) groups excluding carboxylic acids is 2. The molecule has 1 aliphatic rings. The largest absolute Gasteiger partial charge is 0.454 e. The Kier molecular flexibility index (Phi) is 5.76. The van der Waals surface area contributed by atoms with Gasteiger partial charge >= 0.3 is 5.97 Å². The molecule has 2 atom stereocenters. The molecule has 0 radical (unpaired) electrons. The van der Waals surface area contributed by atoms with Crippen LogP contribution in [0.4, 0.5) is 0 Å². The van der Waals surface area contributed by atoms with E-state index in [1.807, 2.05) is 31.2 Å². The van der Waals surface area contributed by atoms with Gasteiger partial charge in [-0.25, -0.2) is 4.79 Å². The maximum absolute atomic E-state index is 11.8. The van der Waals surface area contributed by atoms with Gasteiger partial charge in [0.25, 0.3) is 5.91 Å². The number of ether oxygens (including phenoxy) is 2. The summed E-state index contributed by atoms with van der Waals surface area (Å²) in [6, 6.07) is 7.53. The Labute approximate surface area is 132 Å². The summed E-state index contributed by atoms with van der Waals surface area (Å²) in [7, 11) is 0. The van der Waals surface area contributed by atoms with E-state index >= 15 is 0 Å². The molecule has 1 aliphatic heterocycles. The van der Waals surface area contributed by atoms with Crippen LogP contribution in [0.5, 0.6) is 0 Å². The molecule has 1 N–H and O–H groups in total. The molecule has 2 rings (SSSR count). The second-order valence-electron chi connectivity index (χ2n) is 4.95. The van der Waals surface area contributed by atoms with Gasteiger partial charge in [0.1, 0.15) is 0 Å². The Morgan fingerprint density at radius 3 is 2.76 bits per heavy atom. The zero-order chi connectivity index (χ0) is 15.2.